The topological polar surface area (TPSA) is 72.9 Å². The molecule has 0 atom stereocenters. The highest BCUT2D eigenvalue weighted by Gasteiger charge is 2.28. The second kappa shape index (κ2) is 8.05. The van der Waals surface area contributed by atoms with Gasteiger partial charge in [-0.15, -0.1) is 6.58 Å². The van der Waals surface area contributed by atoms with Gasteiger partial charge in [-0.2, -0.15) is 0 Å². The third-order valence-corrected chi connectivity index (χ3v) is 5.60. The van der Waals surface area contributed by atoms with E-state index in [0.29, 0.717) is 11.3 Å². The van der Waals surface area contributed by atoms with Crippen LogP contribution in [0, 0.1) is 6.92 Å². The lowest BCUT2D eigenvalue weighted by atomic mass is 10.2. The summed E-state index contributed by atoms with van der Waals surface area (Å²) in [6, 6.07) is 11.0. The van der Waals surface area contributed by atoms with Crippen LogP contribution < -0.4 is 9.04 Å². The molecule has 2 aromatic carbocycles. The average Bonchev–Trinajstić information content (AvgIpc) is 2.65. The molecular formula is C19H21NO5S. The molecule has 0 aromatic heterocycles. The van der Waals surface area contributed by atoms with E-state index >= 15 is 0 Å². The van der Waals surface area contributed by atoms with Gasteiger partial charge >= 0.3 is 5.97 Å². The van der Waals surface area contributed by atoms with E-state index in [1.807, 2.05) is 0 Å². The van der Waals surface area contributed by atoms with Crippen molar-refractivity contribution in [2.75, 3.05) is 25.1 Å². The average molecular weight is 375 g/mol. The molecule has 0 unspecified atom stereocenters. The van der Waals surface area contributed by atoms with E-state index in [9.17, 15) is 13.2 Å². The number of aryl methyl sites for hydroxylation is 1. The largest absolute Gasteiger partial charge is 0.496 e. The van der Waals surface area contributed by atoms with Crippen LogP contribution in [0.5, 0.6) is 5.75 Å². The van der Waals surface area contributed by atoms with Crippen LogP contribution in [0.3, 0.4) is 0 Å². The Labute approximate surface area is 153 Å². The smallest absolute Gasteiger partial charge is 0.340 e. The molecule has 0 fully saturated rings. The highest BCUT2D eigenvalue weighted by atomic mass is 32.2. The molecule has 2 aromatic rings. The monoisotopic (exact) mass is 375 g/mol. The number of para-hydroxylation sites is 1. The molecule has 0 aliphatic rings. The summed E-state index contributed by atoms with van der Waals surface area (Å²) in [5.41, 5.74) is 1.08. The first kappa shape index (κ1) is 19.5. The fourth-order valence-electron chi connectivity index (χ4n) is 2.56. The molecular weight excluding hydrogens is 354 g/mol. The highest BCUT2D eigenvalue weighted by molar-refractivity contribution is 7.92. The molecule has 0 amide bonds. The van der Waals surface area contributed by atoms with Crippen molar-refractivity contribution in [3.8, 4) is 5.75 Å². The Balaban J connectivity index is 2.62. The van der Waals surface area contributed by atoms with Crippen LogP contribution in [0.1, 0.15) is 15.9 Å². The van der Waals surface area contributed by atoms with Crippen LogP contribution in [0.4, 0.5) is 5.69 Å². The third-order valence-electron chi connectivity index (χ3n) is 3.83. The number of methoxy groups -OCH3 is 2. The molecule has 0 bridgehead atoms. The fraction of sp³-hybridized carbons (Fsp3) is 0.211. The molecule has 2 rings (SSSR count). The minimum atomic E-state index is -3.93. The maximum atomic E-state index is 13.2. The van der Waals surface area contributed by atoms with Gasteiger partial charge in [-0.05, 0) is 42.8 Å². The number of rotatable bonds is 7. The fourth-order valence-corrected chi connectivity index (χ4v) is 4.10. The van der Waals surface area contributed by atoms with Gasteiger partial charge in [0.15, 0.2) is 0 Å². The predicted molar refractivity (Wildman–Crippen MR) is 100 cm³/mol. The Morgan fingerprint density at radius 3 is 2.46 bits per heavy atom. The number of benzene rings is 2. The Bertz CT molecular complexity index is 921. The molecule has 0 saturated heterocycles. The van der Waals surface area contributed by atoms with Crippen LogP contribution in [0.2, 0.25) is 0 Å². The maximum Gasteiger partial charge on any atom is 0.340 e. The Hall–Kier alpha value is -2.80. The number of nitrogens with zero attached hydrogens (tertiary/aromatic N) is 1. The zero-order chi connectivity index (χ0) is 19.3. The van der Waals surface area contributed by atoms with Crippen molar-refractivity contribution in [1.82, 2.24) is 0 Å². The van der Waals surface area contributed by atoms with Crippen LogP contribution in [-0.2, 0) is 14.8 Å². The molecule has 0 aliphatic heterocycles. The standard InChI is InChI=1S/C19H21NO5S/c1-5-12-20(17-9-7-6-8-16(17)19(21)25-4)26(22,23)15-10-11-18(24-3)14(2)13-15/h5-11,13H,1,12H2,2-4H3. The first-order chi connectivity index (χ1) is 12.4. The van der Waals surface area contributed by atoms with E-state index in [4.69, 9.17) is 9.47 Å². The second-order valence-electron chi connectivity index (χ2n) is 5.46. The van der Waals surface area contributed by atoms with Crippen molar-refractivity contribution in [1.29, 1.82) is 0 Å². The molecule has 26 heavy (non-hydrogen) atoms. The van der Waals surface area contributed by atoms with E-state index < -0.39 is 16.0 Å². The van der Waals surface area contributed by atoms with Crippen molar-refractivity contribution in [3.63, 3.8) is 0 Å². The number of carbonyl (C=O) groups excluding carboxylic acids is 1. The summed E-state index contributed by atoms with van der Waals surface area (Å²) >= 11 is 0. The van der Waals surface area contributed by atoms with E-state index in [1.165, 1.54) is 38.5 Å². The summed E-state index contributed by atoms with van der Waals surface area (Å²) in [5, 5.41) is 0. The van der Waals surface area contributed by atoms with Crippen molar-refractivity contribution in [3.05, 3.63) is 66.2 Å². The van der Waals surface area contributed by atoms with Gasteiger partial charge in [0.1, 0.15) is 5.75 Å². The first-order valence-corrected chi connectivity index (χ1v) is 9.26. The van der Waals surface area contributed by atoms with Crippen LogP contribution in [0.15, 0.2) is 60.0 Å². The van der Waals surface area contributed by atoms with Gasteiger partial charge in [-0.3, -0.25) is 4.31 Å². The summed E-state index contributed by atoms with van der Waals surface area (Å²) in [4.78, 5) is 12.2. The van der Waals surface area contributed by atoms with Crippen LogP contribution in [0.25, 0.3) is 0 Å². The highest BCUT2D eigenvalue weighted by Crippen LogP contribution is 2.29. The van der Waals surface area contributed by atoms with Gasteiger partial charge in [0.2, 0.25) is 0 Å². The molecule has 0 aliphatic carbocycles. The Kier molecular flexibility index (Phi) is 6.05. The number of anilines is 1. The number of sulfonamides is 1. The number of ether oxygens (including phenoxy) is 2. The normalized spacial score (nSPS) is 10.9. The quantitative estimate of drug-likeness (QED) is 0.549. The molecule has 0 saturated carbocycles. The molecule has 6 nitrogen and oxygen atoms in total. The van der Waals surface area contributed by atoms with Gasteiger partial charge in [-0.25, -0.2) is 13.2 Å². The summed E-state index contributed by atoms with van der Waals surface area (Å²) < 4.78 is 37.5. The number of esters is 1. The summed E-state index contributed by atoms with van der Waals surface area (Å²) in [6.45, 7) is 5.39. The Morgan fingerprint density at radius 1 is 1.19 bits per heavy atom. The molecule has 0 spiro atoms. The molecule has 138 valence electrons. The second-order valence-corrected chi connectivity index (χ2v) is 7.33. The summed E-state index contributed by atoms with van der Waals surface area (Å²) in [7, 11) is -1.16. The van der Waals surface area contributed by atoms with Gasteiger partial charge < -0.3 is 9.47 Å². The number of hydrogen-bond donors (Lipinski definition) is 0. The lowest BCUT2D eigenvalue weighted by molar-refractivity contribution is 0.0601. The zero-order valence-electron chi connectivity index (χ0n) is 14.9. The summed E-state index contributed by atoms with van der Waals surface area (Å²) in [6.07, 6.45) is 1.46. The van der Waals surface area contributed by atoms with Crippen LogP contribution >= 0.6 is 0 Å². The Morgan fingerprint density at radius 2 is 1.88 bits per heavy atom. The summed E-state index contributed by atoms with van der Waals surface area (Å²) in [5.74, 6) is -0.0232. The lowest BCUT2D eigenvalue weighted by Gasteiger charge is -2.25. The van der Waals surface area contributed by atoms with Crippen molar-refractivity contribution in [2.24, 2.45) is 0 Å². The number of hydrogen-bond acceptors (Lipinski definition) is 5. The molecule has 7 heteroatoms. The minimum absolute atomic E-state index is 0.00141. The molecule has 0 radical (unpaired) electrons. The predicted octanol–water partition coefficient (Wildman–Crippen LogP) is 3.17. The molecule has 0 heterocycles. The van der Waals surface area contributed by atoms with Gasteiger partial charge in [0, 0.05) is 0 Å². The lowest BCUT2D eigenvalue weighted by Crippen LogP contribution is -2.32. The zero-order valence-corrected chi connectivity index (χ0v) is 15.7. The van der Waals surface area contributed by atoms with E-state index in [0.717, 1.165) is 4.31 Å². The SMILES string of the molecule is C=CCN(c1ccccc1C(=O)OC)S(=O)(=O)c1ccc(OC)c(C)c1. The maximum absolute atomic E-state index is 13.2. The van der Waals surface area contributed by atoms with E-state index in [1.54, 1.807) is 31.2 Å². The van der Waals surface area contributed by atoms with Gasteiger partial charge in [0.05, 0.1) is 36.9 Å². The van der Waals surface area contributed by atoms with E-state index in [2.05, 4.69) is 6.58 Å². The van der Waals surface area contributed by atoms with Gasteiger partial charge in [-0.1, -0.05) is 18.2 Å². The van der Waals surface area contributed by atoms with Crippen molar-refractivity contribution >= 4 is 21.7 Å². The van der Waals surface area contributed by atoms with Crippen molar-refractivity contribution < 1.29 is 22.7 Å². The molecule has 0 N–H and O–H groups in total. The number of carbonyl (C=O) groups is 1. The van der Waals surface area contributed by atoms with Crippen LogP contribution in [-0.4, -0.2) is 35.2 Å². The van der Waals surface area contributed by atoms with Crippen molar-refractivity contribution in [2.45, 2.75) is 11.8 Å². The third kappa shape index (κ3) is 3.72. The first-order valence-electron chi connectivity index (χ1n) is 7.82. The van der Waals surface area contributed by atoms with Gasteiger partial charge in [0.25, 0.3) is 10.0 Å². The van der Waals surface area contributed by atoms with E-state index in [-0.39, 0.29) is 22.7 Å². The minimum Gasteiger partial charge on any atom is -0.496 e.